The maximum absolute atomic E-state index is 12.5. The quantitative estimate of drug-likeness (QED) is 0.307. The monoisotopic (exact) mass is 532 g/mol. The Morgan fingerprint density at radius 1 is 1.08 bits per heavy atom. The summed E-state index contributed by atoms with van der Waals surface area (Å²) in [6.07, 6.45) is 11.0. The Morgan fingerprint density at radius 3 is 2.29 bits per heavy atom. The van der Waals surface area contributed by atoms with Gasteiger partial charge in [-0.3, -0.25) is 14.4 Å². The molecule has 0 spiro atoms. The van der Waals surface area contributed by atoms with E-state index in [4.69, 9.17) is 5.73 Å². The molecule has 0 bridgehead atoms. The van der Waals surface area contributed by atoms with Gasteiger partial charge in [-0.25, -0.2) is 9.48 Å². The van der Waals surface area contributed by atoms with Crippen LogP contribution in [0, 0.1) is 12.8 Å². The van der Waals surface area contributed by atoms with Gasteiger partial charge in [0.15, 0.2) is 0 Å². The van der Waals surface area contributed by atoms with Crippen LogP contribution in [-0.2, 0) is 20.9 Å². The number of aromatic nitrogens is 3. The van der Waals surface area contributed by atoms with E-state index < -0.39 is 18.0 Å². The third-order valence-electron chi connectivity index (χ3n) is 4.77. The number of rotatable bonds is 10. The molecule has 0 saturated heterocycles. The average molecular weight is 533 g/mol. The lowest BCUT2D eigenvalue weighted by atomic mass is 10.0. The normalized spacial score (nSPS) is 12.7. The van der Waals surface area contributed by atoms with E-state index in [1.165, 1.54) is 10.3 Å². The Labute approximate surface area is 225 Å². The number of nitrogens with zero attached hydrogens (tertiary/aromatic N) is 3. The summed E-state index contributed by atoms with van der Waals surface area (Å²) in [5.74, 6) is -1.27. The molecular formula is C26H44N8O4. The van der Waals surface area contributed by atoms with Crippen LogP contribution in [0.3, 0.4) is 0 Å². The first kappa shape index (κ1) is 34.0. The Kier molecular flexibility index (Phi) is 17.2. The first-order valence-electron chi connectivity index (χ1n) is 12.8. The van der Waals surface area contributed by atoms with Gasteiger partial charge in [-0.2, -0.15) is 0 Å². The molecule has 0 radical (unpaired) electrons. The number of hydrogen-bond donors (Lipinski definition) is 5. The van der Waals surface area contributed by atoms with E-state index in [1.807, 2.05) is 65.8 Å². The lowest BCUT2D eigenvalue weighted by Crippen LogP contribution is -2.52. The first-order valence-corrected chi connectivity index (χ1v) is 12.8. The minimum atomic E-state index is -0.762. The van der Waals surface area contributed by atoms with Gasteiger partial charge in [0.2, 0.25) is 17.7 Å². The summed E-state index contributed by atoms with van der Waals surface area (Å²) in [6, 6.07) is -1.20. The van der Waals surface area contributed by atoms with Crippen LogP contribution in [0.5, 0.6) is 0 Å². The minimum absolute atomic E-state index is 0.0365. The Hall–Kier alpha value is -3.96. The van der Waals surface area contributed by atoms with Crippen LogP contribution in [0.2, 0.25) is 0 Å². The molecule has 212 valence electrons. The zero-order valence-electron chi connectivity index (χ0n) is 23.6. The van der Waals surface area contributed by atoms with E-state index in [-0.39, 0.29) is 30.8 Å². The van der Waals surface area contributed by atoms with E-state index in [9.17, 15) is 19.2 Å². The molecule has 0 saturated carbocycles. The van der Waals surface area contributed by atoms with E-state index >= 15 is 0 Å². The second-order valence-electron chi connectivity index (χ2n) is 8.65. The molecular weight excluding hydrogens is 488 g/mol. The highest BCUT2D eigenvalue weighted by Crippen LogP contribution is 2.08. The molecule has 38 heavy (non-hydrogen) atoms. The number of carbonyl (C=O) groups is 4. The molecule has 12 nitrogen and oxygen atoms in total. The lowest BCUT2D eigenvalue weighted by Gasteiger charge is -2.21. The molecule has 0 aliphatic heterocycles. The minimum Gasteiger partial charge on any atom is -0.352 e. The third-order valence-corrected chi connectivity index (χ3v) is 4.77. The average Bonchev–Trinajstić information content (AvgIpc) is 3.16. The molecule has 12 heteroatoms. The molecule has 1 aliphatic rings. The van der Waals surface area contributed by atoms with E-state index in [0.29, 0.717) is 17.9 Å². The molecule has 1 unspecified atom stereocenters. The van der Waals surface area contributed by atoms with Gasteiger partial charge in [-0.05, 0) is 44.8 Å². The smallest absolute Gasteiger partial charge is 0.312 e. The van der Waals surface area contributed by atoms with Crippen molar-refractivity contribution in [2.45, 2.75) is 73.9 Å². The van der Waals surface area contributed by atoms with Gasteiger partial charge >= 0.3 is 6.03 Å². The SMILES string of the molecule is CC.CC1=CC=C(NC(=O)CNC(=O)C(NC(=O)Cn2cc(C)nn2)C(C)C)C=CC1.CCCNC(N)=O. The highest BCUT2D eigenvalue weighted by atomic mass is 16.2. The van der Waals surface area contributed by atoms with Gasteiger partial charge in [0.25, 0.3) is 0 Å². The maximum Gasteiger partial charge on any atom is 0.312 e. The Bertz CT molecular complexity index is 995. The van der Waals surface area contributed by atoms with Crippen LogP contribution in [0.15, 0.2) is 41.8 Å². The molecule has 0 aromatic carbocycles. The summed E-state index contributed by atoms with van der Waals surface area (Å²) in [4.78, 5) is 46.7. The van der Waals surface area contributed by atoms with Crippen molar-refractivity contribution in [3.8, 4) is 0 Å². The van der Waals surface area contributed by atoms with Crippen LogP contribution >= 0.6 is 0 Å². The molecule has 1 aromatic heterocycles. The summed E-state index contributed by atoms with van der Waals surface area (Å²) < 4.78 is 1.40. The molecule has 0 fully saturated rings. The van der Waals surface area contributed by atoms with Crippen molar-refractivity contribution in [3.05, 3.63) is 47.5 Å². The number of aryl methyl sites for hydroxylation is 1. The number of hydrogen-bond acceptors (Lipinski definition) is 6. The largest absolute Gasteiger partial charge is 0.352 e. The number of nitrogens with one attached hydrogen (secondary N) is 4. The standard InChI is InChI=1S/C20H28N6O3.C4H10N2O.C2H6/c1-13(2)19(23-18(28)12-26-11-15(4)24-25-26)20(29)21-10-17(27)22-16-7-5-6-14(3)8-9-16;1-2-3-6-4(5)7;1-2/h5,7-9,11,13,19H,6,10,12H2,1-4H3,(H,21,29)(H,22,27)(H,23,28);2-3H2,1H3,(H3,5,6,7);1-2H3. The number of primary amides is 1. The Morgan fingerprint density at radius 2 is 1.76 bits per heavy atom. The summed E-state index contributed by atoms with van der Waals surface area (Å²) in [6.45, 7) is 13.8. The van der Waals surface area contributed by atoms with Crippen molar-refractivity contribution in [2.75, 3.05) is 13.1 Å². The van der Waals surface area contributed by atoms with Crippen LogP contribution in [0.1, 0.15) is 60.1 Å². The fraction of sp³-hybridized carbons (Fsp3) is 0.538. The summed E-state index contributed by atoms with van der Waals surface area (Å²) in [5.41, 5.74) is 7.28. The van der Waals surface area contributed by atoms with Crippen LogP contribution < -0.4 is 27.0 Å². The molecule has 2 rings (SSSR count). The van der Waals surface area contributed by atoms with Crippen LogP contribution in [0.25, 0.3) is 0 Å². The highest BCUT2D eigenvalue weighted by Gasteiger charge is 2.24. The van der Waals surface area contributed by atoms with Gasteiger partial charge in [-0.15, -0.1) is 5.10 Å². The maximum atomic E-state index is 12.5. The van der Waals surface area contributed by atoms with Gasteiger partial charge in [0.05, 0.1) is 12.2 Å². The number of amides is 5. The predicted octanol–water partition coefficient (Wildman–Crippen LogP) is 1.84. The second-order valence-corrected chi connectivity index (χ2v) is 8.65. The number of nitrogens with two attached hydrogens (primary N) is 1. The van der Waals surface area contributed by atoms with Gasteiger partial charge in [-0.1, -0.05) is 57.6 Å². The van der Waals surface area contributed by atoms with Crippen molar-refractivity contribution in [1.82, 2.24) is 36.3 Å². The zero-order valence-corrected chi connectivity index (χ0v) is 23.6. The summed E-state index contributed by atoms with van der Waals surface area (Å²) in [7, 11) is 0. The third kappa shape index (κ3) is 15.2. The van der Waals surface area contributed by atoms with Gasteiger partial charge in [0.1, 0.15) is 12.6 Å². The molecule has 1 aliphatic carbocycles. The Balaban J connectivity index is 0.00000132. The summed E-state index contributed by atoms with van der Waals surface area (Å²) >= 11 is 0. The lowest BCUT2D eigenvalue weighted by molar-refractivity contribution is -0.131. The molecule has 1 aromatic rings. The topological polar surface area (TPSA) is 173 Å². The van der Waals surface area contributed by atoms with Crippen molar-refractivity contribution in [1.29, 1.82) is 0 Å². The number of urea groups is 1. The van der Waals surface area contributed by atoms with E-state index in [0.717, 1.165) is 12.8 Å². The first-order chi connectivity index (χ1) is 18.0. The van der Waals surface area contributed by atoms with Gasteiger partial charge < -0.3 is 27.0 Å². The van der Waals surface area contributed by atoms with Gasteiger partial charge in [0, 0.05) is 18.4 Å². The van der Waals surface area contributed by atoms with Crippen molar-refractivity contribution < 1.29 is 19.2 Å². The highest BCUT2D eigenvalue weighted by molar-refractivity contribution is 5.91. The predicted molar refractivity (Wildman–Crippen MR) is 148 cm³/mol. The zero-order chi connectivity index (χ0) is 29.1. The molecule has 6 N–H and O–H groups in total. The molecule has 1 atom stereocenters. The van der Waals surface area contributed by atoms with E-state index in [1.54, 1.807) is 13.1 Å². The number of carbonyl (C=O) groups excluding carboxylic acids is 4. The van der Waals surface area contributed by atoms with E-state index in [2.05, 4.69) is 31.6 Å². The molecule has 5 amide bonds. The van der Waals surface area contributed by atoms with Crippen molar-refractivity contribution in [2.24, 2.45) is 11.7 Å². The van der Waals surface area contributed by atoms with Crippen LogP contribution in [-0.4, -0.2) is 57.9 Å². The number of allylic oxidation sites excluding steroid dienone is 5. The second kappa shape index (κ2) is 19.2. The van der Waals surface area contributed by atoms with Crippen molar-refractivity contribution >= 4 is 23.8 Å². The fourth-order valence-corrected chi connectivity index (χ4v) is 2.92. The van der Waals surface area contributed by atoms with Crippen molar-refractivity contribution in [3.63, 3.8) is 0 Å². The fourth-order valence-electron chi connectivity index (χ4n) is 2.92. The molecule has 1 heterocycles. The van der Waals surface area contributed by atoms with Crippen LogP contribution in [0.4, 0.5) is 4.79 Å². The summed E-state index contributed by atoms with van der Waals surface area (Å²) in [5, 5.41) is 18.1.